The van der Waals surface area contributed by atoms with Crippen molar-refractivity contribution in [1.29, 1.82) is 5.26 Å². The standard InChI is InChI=1S/C10H10N4/c1-6-7(2)14-9(12)3-8(5-11)4-10(14)13-6/h3-4H,12H2,1-2H3. The molecule has 2 heterocycles. The second kappa shape index (κ2) is 2.74. The first-order chi connectivity index (χ1) is 6.63. The van der Waals surface area contributed by atoms with Gasteiger partial charge in [-0.1, -0.05) is 0 Å². The highest BCUT2D eigenvalue weighted by Gasteiger charge is 2.07. The fourth-order valence-corrected chi connectivity index (χ4v) is 1.53. The van der Waals surface area contributed by atoms with Crippen LogP contribution in [0.4, 0.5) is 5.82 Å². The third-order valence-electron chi connectivity index (χ3n) is 2.35. The third kappa shape index (κ3) is 1.03. The quantitative estimate of drug-likeness (QED) is 0.676. The summed E-state index contributed by atoms with van der Waals surface area (Å²) in [4.78, 5) is 4.31. The molecule has 0 aliphatic heterocycles. The highest BCUT2D eigenvalue weighted by atomic mass is 15.1. The number of pyridine rings is 1. The zero-order valence-electron chi connectivity index (χ0n) is 8.07. The molecular weight excluding hydrogens is 176 g/mol. The number of nitriles is 1. The van der Waals surface area contributed by atoms with Gasteiger partial charge in [-0.15, -0.1) is 0 Å². The molecule has 4 heteroatoms. The molecule has 2 aromatic rings. The molecule has 0 fully saturated rings. The Bertz CT molecular complexity index is 545. The first-order valence-corrected chi connectivity index (χ1v) is 4.29. The topological polar surface area (TPSA) is 67.1 Å². The van der Waals surface area contributed by atoms with Gasteiger partial charge in [0, 0.05) is 5.69 Å². The summed E-state index contributed by atoms with van der Waals surface area (Å²) in [5, 5.41) is 8.76. The Morgan fingerprint density at radius 3 is 2.79 bits per heavy atom. The van der Waals surface area contributed by atoms with Crippen molar-refractivity contribution in [2.45, 2.75) is 13.8 Å². The molecule has 14 heavy (non-hydrogen) atoms. The Labute approximate surface area is 81.6 Å². The molecule has 0 unspecified atom stereocenters. The second-order valence-corrected chi connectivity index (χ2v) is 3.26. The number of rotatable bonds is 0. The predicted molar refractivity (Wildman–Crippen MR) is 53.8 cm³/mol. The van der Waals surface area contributed by atoms with Gasteiger partial charge in [-0.3, -0.25) is 4.40 Å². The van der Waals surface area contributed by atoms with Gasteiger partial charge in [0.05, 0.1) is 17.3 Å². The summed E-state index contributed by atoms with van der Waals surface area (Å²) in [6.45, 7) is 3.88. The Balaban J connectivity index is 2.91. The molecule has 0 bridgehead atoms. The second-order valence-electron chi connectivity index (χ2n) is 3.26. The number of imidazole rings is 1. The van der Waals surface area contributed by atoms with E-state index in [1.54, 1.807) is 12.1 Å². The highest BCUT2D eigenvalue weighted by Crippen LogP contribution is 2.17. The van der Waals surface area contributed by atoms with E-state index >= 15 is 0 Å². The average molecular weight is 186 g/mol. The minimum Gasteiger partial charge on any atom is -0.385 e. The molecule has 4 nitrogen and oxygen atoms in total. The average Bonchev–Trinajstić information content (AvgIpc) is 2.43. The van der Waals surface area contributed by atoms with E-state index < -0.39 is 0 Å². The van der Waals surface area contributed by atoms with E-state index in [-0.39, 0.29) is 0 Å². The lowest BCUT2D eigenvalue weighted by Gasteiger charge is -2.01. The lowest BCUT2D eigenvalue weighted by atomic mass is 10.3. The Morgan fingerprint density at radius 2 is 2.14 bits per heavy atom. The Morgan fingerprint density at radius 1 is 1.43 bits per heavy atom. The number of nitrogen functional groups attached to an aromatic ring is 1. The van der Waals surface area contributed by atoms with Crippen molar-refractivity contribution in [2.75, 3.05) is 5.73 Å². The van der Waals surface area contributed by atoms with E-state index in [0.29, 0.717) is 11.4 Å². The van der Waals surface area contributed by atoms with Gasteiger partial charge in [0.2, 0.25) is 0 Å². The zero-order valence-corrected chi connectivity index (χ0v) is 8.07. The lowest BCUT2D eigenvalue weighted by Crippen LogP contribution is -1.99. The smallest absolute Gasteiger partial charge is 0.140 e. The van der Waals surface area contributed by atoms with Crippen molar-refractivity contribution in [3.63, 3.8) is 0 Å². The zero-order chi connectivity index (χ0) is 10.3. The summed E-state index contributed by atoms with van der Waals surface area (Å²) >= 11 is 0. The lowest BCUT2D eigenvalue weighted by molar-refractivity contribution is 1.10. The molecule has 0 aromatic carbocycles. The molecule has 2 rings (SSSR count). The maximum absolute atomic E-state index is 8.76. The van der Waals surface area contributed by atoms with Gasteiger partial charge in [0.1, 0.15) is 11.5 Å². The van der Waals surface area contributed by atoms with Crippen LogP contribution in [-0.4, -0.2) is 9.38 Å². The highest BCUT2D eigenvalue weighted by molar-refractivity contribution is 5.56. The first-order valence-electron chi connectivity index (χ1n) is 4.29. The molecule has 0 saturated heterocycles. The van der Waals surface area contributed by atoms with Crippen molar-refractivity contribution >= 4 is 11.5 Å². The number of aromatic nitrogens is 2. The van der Waals surface area contributed by atoms with Crippen LogP contribution < -0.4 is 5.73 Å². The fourth-order valence-electron chi connectivity index (χ4n) is 1.53. The van der Waals surface area contributed by atoms with Crippen LogP contribution in [0.5, 0.6) is 0 Å². The first kappa shape index (κ1) is 8.57. The molecule has 0 amide bonds. The van der Waals surface area contributed by atoms with E-state index in [0.717, 1.165) is 17.0 Å². The van der Waals surface area contributed by atoms with Gasteiger partial charge < -0.3 is 5.73 Å². The molecule has 0 aliphatic carbocycles. The van der Waals surface area contributed by atoms with E-state index in [4.69, 9.17) is 11.0 Å². The van der Waals surface area contributed by atoms with Gasteiger partial charge in [-0.25, -0.2) is 4.98 Å². The van der Waals surface area contributed by atoms with Crippen LogP contribution in [0, 0.1) is 25.2 Å². The molecule has 0 aliphatic rings. The fraction of sp³-hybridized carbons (Fsp3) is 0.200. The molecule has 70 valence electrons. The monoisotopic (exact) mass is 186 g/mol. The van der Waals surface area contributed by atoms with E-state index in [9.17, 15) is 0 Å². The van der Waals surface area contributed by atoms with Gasteiger partial charge in [0.15, 0.2) is 0 Å². The minimum atomic E-state index is 0.542. The van der Waals surface area contributed by atoms with Crippen molar-refractivity contribution in [3.05, 3.63) is 29.1 Å². The molecule has 2 N–H and O–H groups in total. The minimum absolute atomic E-state index is 0.542. The number of hydrogen-bond donors (Lipinski definition) is 1. The van der Waals surface area contributed by atoms with Crippen LogP contribution >= 0.6 is 0 Å². The van der Waals surface area contributed by atoms with Crippen LogP contribution in [0.3, 0.4) is 0 Å². The number of nitrogens with zero attached hydrogens (tertiary/aromatic N) is 3. The summed E-state index contributed by atoms with van der Waals surface area (Å²) in [6.07, 6.45) is 0. The normalized spacial score (nSPS) is 10.4. The van der Waals surface area contributed by atoms with E-state index in [1.165, 1.54) is 0 Å². The predicted octanol–water partition coefficient (Wildman–Crippen LogP) is 1.41. The largest absolute Gasteiger partial charge is 0.385 e. The van der Waals surface area contributed by atoms with Crippen LogP contribution in [0.1, 0.15) is 17.0 Å². The molecule has 0 saturated carbocycles. The van der Waals surface area contributed by atoms with Crippen LogP contribution in [-0.2, 0) is 0 Å². The maximum Gasteiger partial charge on any atom is 0.140 e. The number of hydrogen-bond acceptors (Lipinski definition) is 3. The third-order valence-corrected chi connectivity index (χ3v) is 2.35. The van der Waals surface area contributed by atoms with Crippen molar-refractivity contribution in [2.24, 2.45) is 0 Å². The van der Waals surface area contributed by atoms with Crippen LogP contribution in [0.15, 0.2) is 12.1 Å². The molecule has 0 radical (unpaired) electrons. The molecule has 0 spiro atoms. The number of nitrogens with two attached hydrogens (primary N) is 1. The summed E-state index contributed by atoms with van der Waals surface area (Å²) in [6, 6.07) is 5.44. The molecule has 2 aromatic heterocycles. The number of fused-ring (bicyclic) bond motifs is 1. The van der Waals surface area contributed by atoms with Crippen LogP contribution in [0.2, 0.25) is 0 Å². The SMILES string of the molecule is Cc1nc2cc(C#N)cc(N)n2c1C. The van der Waals surface area contributed by atoms with Crippen molar-refractivity contribution < 1.29 is 0 Å². The summed E-state index contributed by atoms with van der Waals surface area (Å²) < 4.78 is 1.84. The Kier molecular flexibility index (Phi) is 1.68. The summed E-state index contributed by atoms with van der Waals surface area (Å²) in [5.74, 6) is 0.553. The van der Waals surface area contributed by atoms with Gasteiger partial charge >= 0.3 is 0 Å². The summed E-state index contributed by atoms with van der Waals surface area (Å²) in [7, 11) is 0. The number of anilines is 1. The van der Waals surface area contributed by atoms with Crippen molar-refractivity contribution in [3.8, 4) is 6.07 Å². The summed E-state index contributed by atoms with van der Waals surface area (Å²) in [5.41, 5.74) is 9.05. The van der Waals surface area contributed by atoms with Crippen molar-refractivity contribution in [1.82, 2.24) is 9.38 Å². The maximum atomic E-state index is 8.76. The molecule has 0 atom stereocenters. The van der Waals surface area contributed by atoms with Crippen LogP contribution in [0.25, 0.3) is 5.65 Å². The number of aryl methyl sites for hydroxylation is 2. The van der Waals surface area contributed by atoms with E-state index in [1.807, 2.05) is 18.2 Å². The van der Waals surface area contributed by atoms with Gasteiger partial charge in [0.25, 0.3) is 0 Å². The Hall–Kier alpha value is -2.02. The van der Waals surface area contributed by atoms with E-state index in [2.05, 4.69) is 11.1 Å². The molecular formula is C10H10N4. The van der Waals surface area contributed by atoms with Gasteiger partial charge in [-0.05, 0) is 26.0 Å². The van der Waals surface area contributed by atoms with Gasteiger partial charge in [-0.2, -0.15) is 5.26 Å².